The molecule has 3 amide bonds. The van der Waals surface area contributed by atoms with Crippen LogP contribution in [0.3, 0.4) is 0 Å². The average molecular weight is 500 g/mol. The Hall–Kier alpha value is -3.54. The summed E-state index contributed by atoms with van der Waals surface area (Å²) in [4.78, 5) is 40.0. The molecule has 0 aliphatic rings. The molecule has 8 nitrogen and oxygen atoms in total. The number of aliphatic hydroxyl groups is 1. The van der Waals surface area contributed by atoms with Gasteiger partial charge in [0.1, 0.15) is 17.7 Å². The van der Waals surface area contributed by atoms with Gasteiger partial charge in [-0.3, -0.25) is 14.5 Å². The Bertz CT molecular complexity index is 1120. The first-order valence-corrected chi connectivity index (χ1v) is 11.3. The molecule has 9 heteroatoms. The number of hydrogen-bond acceptors (Lipinski definition) is 5. The number of benzene rings is 2. The molecule has 2 rings (SSSR count). The van der Waals surface area contributed by atoms with E-state index in [-0.39, 0.29) is 0 Å². The number of hydrogen-bond donors (Lipinski definition) is 3. The van der Waals surface area contributed by atoms with Gasteiger partial charge in [0, 0.05) is 6.04 Å². The number of aryl methyl sites for hydroxylation is 2. The molecule has 35 heavy (non-hydrogen) atoms. The zero-order chi connectivity index (χ0) is 26.3. The number of para-hydroxylation sites is 1. The Morgan fingerprint density at radius 1 is 1.11 bits per heavy atom. The van der Waals surface area contributed by atoms with Gasteiger partial charge in [0.25, 0.3) is 11.8 Å². The van der Waals surface area contributed by atoms with Gasteiger partial charge in [-0.1, -0.05) is 54.4 Å². The highest BCUT2D eigenvalue weighted by molar-refractivity contribution is 6.34. The number of carbonyl (C=O) groups excluding carboxylic acids is 3. The average Bonchev–Trinajstić information content (AvgIpc) is 2.77. The lowest BCUT2D eigenvalue weighted by Crippen LogP contribution is -2.52. The van der Waals surface area contributed by atoms with E-state index in [1.807, 2.05) is 0 Å². The summed E-state index contributed by atoms with van der Waals surface area (Å²) in [7, 11) is 0. The predicted molar refractivity (Wildman–Crippen MR) is 135 cm³/mol. The molecule has 0 aromatic heterocycles. The second kappa shape index (κ2) is 11.7. The van der Waals surface area contributed by atoms with Crippen molar-refractivity contribution in [3.63, 3.8) is 0 Å². The van der Waals surface area contributed by atoms with Crippen molar-refractivity contribution in [1.82, 2.24) is 10.2 Å². The maximum atomic E-state index is 13.6. The van der Waals surface area contributed by atoms with Gasteiger partial charge in [0.15, 0.2) is 0 Å². The third-order valence-corrected chi connectivity index (χ3v) is 5.32. The Balaban J connectivity index is 2.46. The van der Waals surface area contributed by atoms with E-state index in [0.29, 0.717) is 27.4 Å². The number of nitrogens with zero attached hydrogens (tertiary/aromatic N) is 1. The van der Waals surface area contributed by atoms with Crippen molar-refractivity contribution in [2.45, 2.75) is 52.3 Å². The Kier molecular flexibility index (Phi) is 9.29. The van der Waals surface area contributed by atoms with Gasteiger partial charge < -0.3 is 20.5 Å². The summed E-state index contributed by atoms with van der Waals surface area (Å²) in [6, 6.07) is 11.6. The molecule has 2 aromatic carbocycles. The predicted octanol–water partition coefficient (Wildman–Crippen LogP) is 3.94. The molecule has 0 heterocycles. The summed E-state index contributed by atoms with van der Waals surface area (Å²) < 4.78 is 5.17. The summed E-state index contributed by atoms with van der Waals surface area (Å²) in [6.45, 7) is 7.77. The normalized spacial score (nSPS) is 12.6. The van der Waals surface area contributed by atoms with E-state index in [0.717, 1.165) is 4.90 Å². The van der Waals surface area contributed by atoms with Gasteiger partial charge in [-0.15, -0.1) is 0 Å². The van der Waals surface area contributed by atoms with E-state index in [9.17, 15) is 19.5 Å². The lowest BCUT2D eigenvalue weighted by molar-refractivity contribution is -0.137. The minimum Gasteiger partial charge on any atom is -0.444 e. The zero-order valence-corrected chi connectivity index (χ0v) is 21.1. The number of carbonyl (C=O) groups is 3. The zero-order valence-electron chi connectivity index (χ0n) is 20.4. The van der Waals surface area contributed by atoms with E-state index >= 15 is 0 Å². The lowest BCUT2D eigenvalue weighted by Gasteiger charge is -2.30. The fraction of sp³-hybridized carbons (Fsp3) is 0.346. The molecule has 0 radical (unpaired) electrons. The second-order valence-electron chi connectivity index (χ2n) is 8.90. The van der Waals surface area contributed by atoms with Crippen LogP contribution in [0.5, 0.6) is 0 Å². The number of aliphatic hydroxyl groups excluding tert-OH is 1. The second-order valence-corrected chi connectivity index (χ2v) is 9.31. The highest BCUT2D eigenvalue weighted by atomic mass is 35.5. The standard InChI is InChI=1S/C26H30ClN3O5/c1-7-30(24(33)20(15-31)28-25(34)35-26(4,5)6)22(18-13-9-8-11-16(18)2)23(32)29-21-17(3)12-10-14-19(21)27/h1,8-14,20,22,31H,15H2,2-6H3,(H,28,34)(H,29,32). The van der Waals surface area contributed by atoms with Gasteiger partial charge in [0.05, 0.1) is 17.3 Å². The molecule has 0 fully saturated rings. The topological polar surface area (TPSA) is 108 Å². The molecule has 2 unspecified atom stereocenters. The lowest BCUT2D eigenvalue weighted by atomic mass is 9.98. The SMILES string of the molecule is C#CN(C(=O)C(CO)NC(=O)OC(C)(C)C)C(C(=O)Nc1c(C)cccc1Cl)c1ccccc1C. The number of amides is 3. The molecule has 0 spiro atoms. The van der Waals surface area contributed by atoms with Gasteiger partial charge in [0.2, 0.25) is 0 Å². The summed E-state index contributed by atoms with van der Waals surface area (Å²) in [6.07, 6.45) is 4.79. The fourth-order valence-corrected chi connectivity index (χ4v) is 3.61. The number of alkyl carbamates (subject to hydrolysis) is 1. The molecule has 0 aliphatic heterocycles. The van der Waals surface area contributed by atoms with Crippen LogP contribution in [0, 0.1) is 26.3 Å². The van der Waals surface area contributed by atoms with Crippen molar-refractivity contribution < 1.29 is 24.2 Å². The maximum absolute atomic E-state index is 13.6. The minimum absolute atomic E-state index is 0.320. The van der Waals surface area contributed by atoms with E-state index in [4.69, 9.17) is 22.8 Å². The van der Waals surface area contributed by atoms with Crippen LogP contribution in [-0.4, -0.2) is 46.2 Å². The summed E-state index contributed by atoms with van der Waals surface area (Å²) in [5.41, 5.74) is 1.45. The molecule has 2 atom stereocenters. The Morgan fingerprint density at radius 3 is 2.29 bits per heavy atom. The molecule has 2 aromatic rings. The van der Waals surface area contributed by atoms with E-state index in [1.165, 1.54) is 0 Å². The number of rotatable bonds is 7. The number of ether oxygens (including phenoxy) is 1. The smallest absolute Gasteiger partial charge is 0.408 e. The molecular weight excluding hydrogens is 470 g/mol. The third kappa shape index (κ3) is 7.22. The van der Waals surface area contributed by atoms with Gasteiger partial charge >= 0.3 is 6.09 Å². The first-order chi connectivity index (χ1) is 16.4. The highest BCUT2D eigenvalue weighted by Crippen LogP contribution is 2.30. The van der Waals surface area contributed by atoms with Crippen LogP contribution in [0.4, 0.5) is 10.5 Å². The van der Waals surface area contributed by atoms with Crippen LogP contribution in [0.2, 0.25) is 5.02 Å². The minimum atomic E-state index is -1.44. The number of anilines is 1. The van der Waals surface area contributed by atoms with Crippen molar-refractivity contribution in [2.24, 2.45) is 0 Å². The Morgan fingerprint density at radius 2 is 1.74 bits per heavy atom. The van der Waals surface area contributed by atoms with Gasteiger partial charge in [-0.25, -0.2) is 4.79 Å². The quantitative estimate of drug-likeness (QED) is 0.395. The first kappa shape index (κ1) is 27.7. The number of nitrogens with one attached hydrogen (secondary N) is 2. The molecule has 0 bridgehead atoms. The van der Waals surface area contributed by atoms with Crippen LogP contribution < -0.4 is 10.6 Å². The number of halogens is 1. The van der Waals surface area contributed by atoms with Crippen molar-refractivity contribution >= 4 is 35.2 Å². The molecular formula is C26H30ClN3O5. The molecule has 3 N–H and O–H groups in total. The fourth-order valence-electron chi connectivity index (χ4n) is 3.34. The third-order valence-electron chi connectivity index (χ3n) is 5.01. The van der Waals surface area contributed by atoms with Crippen LogP contribution in [0.1, 0.15) is 43.5 Å². The van der Waals surface area contributed by atoms with Crippen LogP contribution in [0.25, 0.3) is 0 Å². The van der Waals surface area contributed by atoms with Gasteiger partial charge in [-0.05, 0) is 57.4 Å². The van der Waals surface area contributed by atoms with Crippen molar-refractivity contribution in [3.05, 3.63) is 64.2 Å². The first-order valence-electron chi connectivity index (χ1n) is 10.9. The summed E-state index contributed by atoms with van der Waals surface area (Å²) in [5, 5.41) is 15.2. The highest BCUT2D eigenvalue weighted by Gasteiger charge is 2.36. The largest absolute Gasteiger partial charge is 0.444 e. The molecule has 0 saturated heterocycles. The Labute approximate surface area is 210 Å². The van der Waals surface area contributed by atoms with Crippen molar-refractivity contribution in [3.8, 4) is 12.5 Å². The van der Waals surface area contributed by atoms with Crippen LogP contribution in [-0.2, 0) is 14.3 Å². The number of terminal acetylenes is 1. The van der Waals surface area contributed by atoms with E-state index < -0.39 is 42.2 Å². The van der Waals surface area contributed by atoms with Gasteiger partial charge in [-0.2, -0.15) is 0 Å². The summed E-state index contributed by atoms with van der Waals surface area (Å²) >= 11 is 6.28. The van der Waals surface area contributed by atoms with E-state index in [2.05, 4.69) is 16.7 Å². The molecule has 0 aliphatic carbocycles. The van der Waals surface area contributed by atoms with Crippen LogP contribution in [0.15, 0.2) is 42.5 Å². The van der Waals surface area contributed by atoms with Crippen LogP contribution >= 0.6 is 11.6 Å². The summed E-state index contributed by atoms with van der Waals surface area (Å²) in [5.74, 6) is -1.48. The monoisotopic (exact) mass is 499 g/mol. The van der Waals surface area contributed by atoms with Crippen molar-refractivity contribution in [1.29, 1.82) is 0 Å². The molecule has 186 valence electrons. The van der Waals surface area contributed by atoms with E-state index in [1.54, 1.807) is 77.1 Å². The van der Waals surface area contributed by atoms with Crippen molar-refractivity contribution in [2.75, 3.05) is 11.9 Å². The molecule has 0 saturated carbocycles. The maximum Gasteiger partial charge on any atom is 0.408 e.